The lowest BCUT2D eigenvalue weighted by Gasteiger charge is -2.02. The first kappa shape index (κ1) is 9.92. The summed E-state index contributed by atoms with van der Waals surface area (Å²) in [5.41, 5.74) is 0.678. The van der Waals surface area contributed by atoms with Crippen LogP contribution < -0.4 is 0 Å². The Bertz CT molecular complexity index is 275. The summed E-state index contributed by atoms with van der Waals surface area (Å²) in [5, 5.41) is 0.538. The summed E-state index contributed by atoms with van der Waals surface area (Å²) in [6.07, 6.45) is 0. The fraction of sp³-hybridized carbons (Fsp3) is 0.143. The van der Waals surface area contributed by atoms with Crippen LogP contribution in [0.5, 0.6) is 0 Å². The van der Waals surface area contributed by atoms with Gasteiger partial charge in [0.2, 0.25) is 0 Å². The minimum absolute atomic E-state index is 0.142. The van der Waals surface area contributed by atoms with E-state index in [9.17, 15) is 4.39 Å². The Morgan fingerprint density at radius 3 is 2.55 bits per heavy atom. The molecule has 11 heavy (non-hydrogen) atoms. The number of hydrogen-bond acceptors (Lipinski definition) is 0. The Morgan fingerprint density at radius 2 is 2.09 bits per heavy atom. The molecule has 0 aliphatic rings. The Kier molecular flexibility index (Phi) is 3.77. The van der Waals surface area contributed by atoms with Gasteiger partial charge in [-0.15, -0.1) is 0 Å². The first-order valence-corrected chi connectivity index (χ1v) is 5.84. The lowest BCUT2D eigenvalue weighted by Crippen LogP contribution is -1.90. The van der Waals surface area contributed by atoms with E-state index in [0.717, 1.165) is 4.47 Å². The summed E-state index contributed by atoms with van der Waals surface area (Å²) in [6, 6.07) is 3.59. The average molecular weight is 394 g/mol. The topological polar surface area (TPSA) is 0 Å². The molecule has 0 atom stereocenters. The van der Waals surface area contributed by atoms with Crippen LogP contribution in [0.25, 0.3) is 0 Å². The second-order valence-electron chi connectivity index (χ2n) is 1.96. The maximum atomic E-state index is 13.2. The van der Waals surface area contributed by atoms with Crippen molar-refractivity contribution in [3.63, 3.8) is 0 Å². The van der Waals surface area contributed by atoms with Gasteiger partial charge in [-0.3, -0.25) is 0 Å². The van der Waals surface area contributed by atoms with Crippen molar-refractivity contribution in [1.29, 1.82) is 0 Å². The van der Waals surface area contributed by atoms with Crippen molar-refractivity contribution in [1.82, 2.24) is 0 Å². The quantitative estimate of drug-likeness (QED) is 0.383. The van der Waals surface area contributed by atoms with Crippen LogP contribution in [0, 0.1) is 9.39 Å². The minimum Gasteiger partial charge on any atom is -0.205 e. The Balaban J connectivity index is 3.29. The van der Waals surface area contributed by atoms with Crippen LogP contribution >= 0.6 is 54.5 Å². The molecule has 0 saturated carbocycles. The molecule has 1 aromatic rings. The normalized spacial score (nSPS) is 10.2. The van der Waals surface area contributed by atoms with Crippen molar-refractivity contribution in [3.8, 4) is 0 Å². The van der Waals surface area contributed by atoms with E-state index in [1.807, 2.05) is 28.7 Å². The smallest absolute Gasteiger partial charge is 0.141 e. The molecule has 0 aromatic heterocycles. The Morgan fingerprint density at radius 1 is 1.45 bits per heavy atom. The molecule has 0 aliphatic heterocycles. The Labute approximate surface area is 95.0 Å². The van der Waals surface area contributed by atoms with Gasteiger partial charge in [-0.2, -0.15) is 0 Å². The fourth-order valence-electron chi connectivity index (χ4n) is 0.692. The van der Waals surface area contributed by atoms with Crippen molar-refractivity contribution in [2.75, 3.05) is 0 Å². The maximum Gasteiger partial charge on any atom is 0.141 e. The molecule has 1 rings (SSSR count). The first-order chi connectivity index (χ1) is 5.16. The van der Waals surface area contributed by atoms with E-state index in [4.69, 9.17) is 0 Å². The third-order valence-corrected chi connectivity index (χ3v) is 3.41. The number of alkyl halides is 1. The summed E-state index contributed by atoms with van der Waals surface area (Å²) in [6.45, 7) is 0. The predicted molar refractivity (Wildman–Crippen MR) is 59.4 cm³/mol. The molecule has 0 saturated heterocycles. The van der Waals surface area contributed by atoms with Crippen molar-refractivity contribution >= 4 is 54.5 Å². The number of halogens is 4. The van der Waals surface area contributed by atoms with E-state index in [-0.39, 0.29) is 5.82 Å². The maximum absolute atomic E-state index is 13.2. The molecule has 4 heteroatoms. The molecule has 0 bridgehead atoms. The molecule has 0 aliphatic carbocycles. The van der Waals surface area contributed by atoms with Crippen LogP contribution in [0.15, 0.2) is 16.6 Å². The Hall–Kier alpha value is 0.840. The molecule has 0 nitrogen and oxygen atoms in total. The molecule has 0 N–H and O–H groups in total. The molecule has 0 fully saturated rings. The second kappa shape index (κ2) is 4.18. The highest BCUT2D eigenvalue weighted by Gasteiger charge is 2.08. The van der Waals surface area contributed by atoms with Crippen molar-refractivity contribution in [3.05, 3.63) is 31.6 Å². The van der Waals surface area contributed by atoms with Crippen LogP contribution in [0.2, 0.25) is 0 Å². The highest BCUT2D eigenvalue weighted by atomic mass is 127. The molecule has 0 spiro atoms. The lowest BCUT2D eigenvalue weighted by molar-refractivity contribution is 0.609. The third kappa shape index (κ3) is 2.15. The zero-order chi connectivity index (χ0) is 8.43. The molecule has 60 valence electrons. The largest absolute Gasteiger partial charge is 0.205 e. The van der Waals surface area contributed by atoms with E-state index < -0.39 is 0 Å². The highest BCUT2D eigenvalue weighted by molar-refractivity contribution is 14.1. The number of hydrogen-bond donors (Lipinski definition) is 0. The molecule has 0 amide bonds. The monoisotopic (exact) mass is 392 g/mol. The molecule has 0 unspecified atom stereocenters. The lowest BCUT2D eigenvalue weighted by atomic mass is 10.2. The van der Waals surface area contributed by atoms with Gasteiger partial charge in [0.1, 0.15) is 5.82 Å². The van der Waals surface area contributed by atoms with Gasteiger partial charge in [0.25, 0.3) is 0 Å². The fourth-order valence-corrected chi connectivity index (χ4v) is 2.57. The van der Waals surface area contributed by atoms with Gasteiger partial charge in [-0.1, -0.05) is 31.9 Å². The van der Waals surface area contributed by atoms with Crippen molar-refractivity contribution in [2.24, 2.45) is 0 Å². The molecular formula is C7H4Br2FI. The number of benzene rings is 1. The highest BCUT2D eigenvalue weighted by Crippen LogP contribution is 2.25. The number of rotatable bonds is 1. The second-order valence-corrected chi connectivity index (χ2v) is 4.53. The standard InChI is InChI=1S/C7H4Br2FI/c8-3-4-5(9)1-2-6(11)7(4)10/h1-2H,3H2. The van der Waals surface area contributed by atoms with E-state index >= 15 is 0 Å². The molecule has 1 aromatic carbocycles. The van der Waals surface area contributed by atoms with Crippen LogP contribution in [-0.2, 0) is 5.33 Å². The van der Waals surface area contributed by atoms with Crippen LogP contribution in [-0.4, -0.2) is 0 Å². The van der Waals surface area contributed by atoms with Gasteiger partial charge >= 0.3 is 0 Å². The van der Waals surface area contributed by atoms with Crippen molar-refractivity contribution < 1.29 is 4.39 Å². The molecule has 0 radical (unpaired) electrons. The summed E-state index contributed by atoms with van der Waals surface area (Å²) in [5.74, 6) is -0.142. The van der Waals surface area contributed by atoms with E-state index in [1.54, 1.807) is 6.07 Å². The summed E-state index contributed by atoms with van der Waals surface area (Å²) in [4.78, 5) is 0. The van der Waals surface area contributed by atoms with Gasteiger partial charge in [0.05, 0.1) is 0 Å². The van der Waals surface area contributed by atoms with Gasteiger partial charge < -0.3 is 0 Å². The van der Waals surface area contributed by atoms with Gasteiger partial charge in [-0.05, 0) is 34.7 Å². The zero-order valence-electron chi connectivity index (χ0n) is 5.37. The first-order valence-electron chi connectivity index (χ1n) is 2.85. The SMILES string of the molecule is Fc1c(I)ccc(Br)c1CBr. The van der Waals surface area contributed by atoms with E-state index in [1.165, 1.54) is 0 Å². The predicted octanol–water partition coefficient (Wildman–Crippen LogP) is 4.09. The molecular weight excluding hydrogens is 390 g/mol. The molecule has 0 heterocycles. The van der Waals surface area contributed by atoms with E-state index in [2.05, 4.69) is 31.9 Å². The van der Waals surface area contributed by atoms with Gasteiger partial charge in [0.15, 0.2) is 0 Å². The zero-order valence-corrected chi connectivity index (χ0v) is 10.7. The van der Waals surface area contributed by atoms with Crippen LogP contribution in [0.1, 0.15) is 5.56 Å². The average Bonchev–Trinajstić information content (AvgIpc) is 1.99. The van der Waals surface area contributed by atoms with E-state index in [0.29, 0.717) is 14.5 Å². The van der Waals surface area contributed by atoms with Crippen LogP contribution in [0.3, 0.4) is 0 Å². The summed E-state index contributed by atoms with van der Waals surface area (Å²) >= 11 is 8.46. The van der Waals surface area contributed by atoms with Crippen molar-refractivity contribution in [2.45, 2.75) is 5.33 Å². The van der Waals surface area contributed by atoms with Gasteiger partial charge in [0, 0.05) is 18.9 Å². The van der Waals surface area contributed by atoms with Crippen LogP contribution in [0.4, 0.5) is 4.39 Å². The summed E-state index contributed by atoms with van der Waals surface area (Å²) in [7, 11) is 0. The summed E-state index contributed by atoms with van der Waals surface area (Å²) < 4.78 is 14.7. The third-order valence-electron chi connectivity index (χ3n) is 1.27. The minimum atomic E-state index is -0.142. The van der Waals surface area contributed by atoms with Gasteiger partial charge in [-0.25, -0.2) is 4.39 Å².